The molecular formula is C20H24N2O7. The van der Waals surface area contributed by atoms with Gasteiger partial charge in [0.05, 0.1) is 23.6 Å². The number of nitrogens with zero attached hydrogens (tertiary/aromatic N) is 1. The van der Waals surface area contributed by atoms with E-state index in [9.17, 15) is 29.7 Å². The van der Waals surface area contributed by atoms with Gasteiger partial charge in [-0.3, -0.25) is 9.79 Å². The minimum absolute atomic E-state index is 0.141. The first kappa shape index (κ1) is 20.6. The molecule has 0 saturated carbocycles. The van der Waals surface area contributed by atoms with Crippen molar-refractivity contribution in [2.75, 3.05) is 12.4 Å². The first-order valence-corrected chi connectivity index (χ1v) is 9.33. The first-order chi connectivity index (χ1) is 13.5. The standard InChI is InChI=1S/C20H24N2O7/c1-5-19(16(25)26)8-10-7-11(29-4)14-12(13(10)21-19)18(3,15(23)24)9-20(6-2,22-14)17(27)28/h7-8,22H,5-6,9H2,1-4H3,(H,23,24)(H,25,26)(H,27,28). The Morgan fingerprint density at radius 2 is 1.79 bits per heavy atom. The van der Waals surface area contributed by atoms with Gasteiger partial charge in [0.15, 0.2) is 5.54 Å². The molecule has 4 N–H and O–H groups in total. The molecule has 9 nitrogen and oxygen atoms in total. The van der Waals surface area contributed by atoms with E-state index in [0.717, 1.165) is 0 Å². The molecule has 2 aliphatic rings. The van der Waals surface area contributed by atoms with Gasteiger partial charge < -0.3 is 25.4 Å². The Morgan fingerprint density at radius 1 is 1.14 bits per heavy atom. The SMILES string of the molecule is CCC1(C(=O)O)C=c2cc(OC)c3c(c2=N1)C(C)(C(=O)O)CC(CC)(C(=O)O)N3. The van der Waals surface area contributed by atoms with Crippen LogP contribution in [0.3, 0.4) is 0 Å². The number of nitrogens with one attached hydrogen (secondary N) is 1. The highest BCUT2D eigenvalue weighted by Gasteiger charge is 2.55. The van der Waals surface area contributed by atoms with Crippen LogP contribution in [0.5, 0.6) is 5.75 Å². The maximum Gasteiger partial charge on any atom is 0.335 e. The number of benzene rings is 1. The van der Waals surface area contributed by atoms with Gasteiger partial charge in [-0.15, -0.1) is 0 Å². The summed E-state index contributed by atoms with van der Waals surface area (Å²) < 4.78 is 5.43. The van der Waals surface area contributed by atoms with Crippen molar-refractivity contribution < 1.29 is 34.4 Å². The van der Waals surface area contributed by atoms with Crippen molar-refractivity contribution >= 4 is 29.7 Å². The molecule has 0 spiro atoms. The van der Waals surface area contributed by atoms with E-state index in [4.69, 9.17) is 4.74 Å². The second kappa shape index (κ2) is 6.47. The Kier molecular flexibility index (Phi) is 4.60. The average molecular weight is 404 g/mol. The monoisotopic (exact) mass is 404 g/mol. The highest BCUT2D eigenvalue weighted by atomic mass is 16.5. The Balaban J connectivity index is 2.48. The number of carbonyl (C=O) groups is 3. The van der Waals surface area contributed by atoms with E-state index in [1.54, 1.807) is 19.9 Å². The summed E-state index contributed by atoms with van der Waals surface area (Å²) >= 11 is 0. The van der Waals surface area contributed by atoms with Crippen LogP contribution in [-0.4, -0.2) is 51.4 Å². The van der Waals surface area contributed by atoms with Crippen molar-refractivity contribution in [3.63, 3.8) is 0 Å². The van der Waals surface area contributed by atoms with Gasteiger partial charge in [0.25, 0.3) is 0 Å². The Bertz CT molecular complexity index is 1050. The van der Waals surface area contributed by atoms with Gasteiger partial charge >= 0.3 is 17.9 Å². The molecule has 2 aliphatic heterocycles. The lowest BCUT2D eigenvalue weighted by atomic mass is 9.67. The van der Waals surface area contributed by atoms with Gasteiger partial charge in [-0.2, -0.15) is 0 Å². The van der Waals surface area contributed by atoms with Crippen LogP contribution in [0.25, 0.3) is 6.08 Å². The zero-order chi connectivity index (χ0) is 21.8. The molecule has 1 aromatic carbocycles. The minimum atomic E-state index is -1.62. The van der Waals surface area contributed by atoms with E-state index in [0.29, 0.717) is 5.22 Å². The molecule has 3 atom stereocenters. The molecule has 0 amide bonds. The van der Waals surface area contributed by atoms with Crippen molar-refractivity contribution in [3.05, 3.63) is 22.2 Å². The molecule has 29 heavy (non-hydrogen) atoms. The summed E-state index contributed by atoms with van der Waals surface area (Å²) in [5.74, 6) is -3.28. The number of ether oxygens (including phenoxy) is 1. The van der Waals surface area contributed by atoms with Crippen LogP contribution in [0, 0.1) is 0 Å². The molecule has 0 fully saturated rings. The molecule has 0 radical (unpaired) electrons. The zero-order valence-electron chi connectivity index (χ0n) is 16.7. The van der Waals surface area contributed by atoms with Gasteiger partial charge in [-0.25, -0.2) is 9.59 Å². The number of carboxylic acids is 3. The van der Waals surface area contributed by atoms with Gasteiger partial charge in [0.1, 0.15) is 11.3 Å². The maximum atomic E-state index is 12.4. The lowest BCUT2D eigenvalue weighted by molar-refractivity contribution is -0.148. The van der Waals surface area contributed by atoms with Crippen molar-refractivity contribution in [1.29, 1.82) is 0 Å². The van der Waals surface area contributed by atoms with Gasteiger partial charge in [-0.1, -0.05) is 13.8 Å². The number of hydrogen-bond acceptors (Lipinski definition) is 6. The highest BCUT2D eigenvalue weighted by Crippen LogP contribution is 2.47. The van der Waals surface area contributed by atoms with E-state index in [1.165, 1.54) is 20.1 Å². The summed E-state index contributed by atoms with van der Waals surface area (Å²) in [6.45, 7) is 4.80. The highest BCUT2D eigenvalue weighted by molar-refractivity contribution is 5.94. The zero-order valence-corrected chi connectivity index (χ0v) is 16.7. The molecule has 2 heterocycles. The van der Waals surface area contributed by atoms with E-state index in [2.05, 4.69) is 10.3 Å². The van der Waals surface area contributed by atoms with Crippen LogP contribution in [0.1, 0.15) is 45.6 Å². The fraction of sp³-hybridized carbons (Fsp3) is 0.500. The Labute approximate surface area is 166 Å². The lowest BCUT2D eigenvalue weighted by Gasteiger charge is -2.44. The van der Waals surface area contributed by atoms with E-state index < -0.39 is 34.4 Å². The van der Waals surface area contributed by atoms with E-state index in [-0.39, 0.29) is 41.6 Å². The molecule has 3 rings (SSSR count). The summed E-state index contributed by atoms with van der Waals surface area (Å²) in [4.78, 5) is 40.8. The molecular weight excluding hydrogens is 380 g/mol. The Morgan fingerprint density at radius 3 is 2.24 bits per heavy atom. The van der Waals surface area contributed by atoms with Crippen LogP contribution in [0.4, 0.5) is 5.69 Å². The Hall–Kier alpha value is -3.10. The molecule has 9 heteroatoms. The van der Waals surface area contributed by atoms with Crippen LogP contribution in [-0.2, 0) is 19.8 Å². The third-order valence-electron chi connectivity index (χ3n) is 6.18. The van der Waals surface area contributed by atoms with Crippen molar-refractivity contribution in [2.45, 2.75) is 56.5 Å². The largest absolute Gasteiger partial charge is 0.495 e. The van der Waals surface area contributed by atoms with Crippen molar-refractivity contribution in [3.8, 4) is 5.75 Å². The number of methoxy groups -OCH3 is 1. The van der Waals surface area contributed by atoms with Gasteiger partial charge in [0.2, 0.25) is 0 Å². The fourth-order valence-electron chi connectivity index (χ4n) is 4.30. The van der Waals surface area contributed by atoms with E-state index >= 15 is 0 Å². The molecule has 0 aliphatic carbocycles. The minimum Gasteiger partial charge on any atom is -0.495 e. The predicted octanol–water partition coefficient (Wildman–Crippen LogP) is 0.734. The van der Waals surface area contributed by atoms with Crippen molar-refractivity contribution in [2.24, 2.45) is 4.99 Å². The molecule has 156 valence electrons. The molecule has 3 unspecified atom stereocenters. The second-order valence-corrected chi connectivity index (χ2v) is 7.79. The summed E-state index contributed by atoms with van der Waals surface area (Å²) in [6, 6.07) is 1.57. The lowest BCUT2D eigenvalue weighted by Crippen LogP contribution is -2.58. The number of aliphatic carboxylic acids is 3. The quantitative estimate of drug-likeness (QED) is 0.543. The number of hydrogen-bond donors (Lipinski definition) is 4. The van der Waals surface area contributed by atoms with Crippen LogP contribution in [0.2, 0.25) is 0 Å². The summed E-state index contributed by atoms with van der Waals surface area (Å²) in [6.07, 6.45) is 1.59. The molecule has 1 aromatic rings. The van der Waals surface area contributed by atoms with Crippen LogP contribution in [0.15, 0.2) is 11.1 Å². The molecule has 0 bridgehead atoms. The predicted molar refractivity (Wildman–Crippen MR) is 103 cm³/mol. The molecule has 0 saturated heterocycles. The van der Waals surface area contributed by atoms with Crippen LogP contribution >= 0.6 is 0 Å². The third-order valence-corrected chi connectivity index (χ3v) is 6.18. The topological polar surface area (TPSA) is 146 Å². The summed E-state index contributed by atoms with van der Waals surface area (Å²) in [5.41, 5.74) is -4.17. The third kappa shape index (κ3) is 2.67. The first-order valence-electron chi connectivity index (χ1n) is 9.33. The smallest absolute Gasteiger partial charge is 0.335 e. The number of rotatable bonds is 6. The number of carboxylic acid groups (broad SMARTS) is 3. The number of anilines is 1. The molecule has 0 aromatic heterocycles. The fourth-order valence-corrected chi connectivity index (χ4v) is 4.30. The number of fused-ring (bicyclic) bond motifs is 3. The normalized spacial score (nSPS) is 29.5. The van der Waals surface area contributed by atoms with Gasteiger partial charge in [-0.05, 0) is 31.9 Å². The summed E-state index contributed by atoms with van der Waals surface area (Å²) in [5, 5.41) is 33.4. The van der Waals surface area contributed by atoms with E-state index in [1.807, 2.05) is 0 Å². The summed E-state index contributed by atoms with van der Waals surface area (Å²) in [7, 11) is 1.39. The van der Waals surface area contributed by atoms with Crippen LogP contribution < -0.4 is 20.6 Å². The maximum absolute atomic E-state index is 12.4. The van der Waals surface area contributed by atoms with Crippen molar-refractivity contribution in [1.82, 2.24) is 0 Å². The second-order valence-electron chi connectivity index (χ2n) is 7.79. The average Bonchev–Trinajstić information content (AvgIpc) is 3.06. The van der Waals surface area contributed by atoms with Gasteiger partial charge in [0, 0.05) is 17.2 Å².